The standard InChI is InChI=1S/C23H29ClN2O3S/c1-18(20-9-11-21(24)12-10-20)25(2)23(27)15-8-19-6-13-22(14-7-19)30(28,29)26-16-4-3-5-17-26/h6-7,9-14,18H,3-5,8,15-17H2,1-2H3. The first-order valence-corrected chi connectivity index (χ1v) is 12.2. The monoisotopic (exact) mass is 448 g/mol. The van der Waals surface area contributed by atoms with Crippen molar-refractivity contribution in [3.63, 3.8) is 0 Å². The Hall–Kier alpha value is -1.89. The van der Waals surface area contributed by atoms with Gasteiger partial charge < -0.3 is 4.90 Å². The molecule has 162 valence electrons. The zero-order valence-electron chi connectivity index (χ0n) is 17.6. The Morgan fingerprint density at radius 3 is 2.23 bits per heavy atom. The summed E-state index contributed by atoms with van der Waals surface area (Å²) in [5.41, 5.74) is 1.98. The quantitative estimate of drug-likeness (QED) is 0.618. The molecule has 1 saturated heterocycles. The van der Waals surface area contributed by atoms with E-state index in [1.54, 1.807) is 28.4 Å². The van der Waals surface area contributed by atoms with E-state index in [9.17, 15) is 13.2 Å². The number of hydrogen-bond donors (Lipinski definition) is 0. The van der Waals surface area contributed by atoms with Crippen LogP contribution in [0.4, 0.5) is 0 Å². The molecule has 1 aliphatic heterocycles. The molecule has 0 N–H and O–H groups in total. The molecule has 1 fully saturated rings. The van der Waals surface area contributed by atoms with Gasteiger partial charge in [-0.1, -0.05) is 42.3 Å². The number of halogens is 1. The lowest BCUT2D eigenvalue weighted by Crippen LogP contribution is -2.35. The average molecular weight is 449 g/mol. The summed E-state index contributed by atoms with van der Waals surface area (Å²) in [6.07, 6.45) is 3.86. The number of carbonyl (C=O) groups is 1. The zero-order chi connectivity index (χ0) is 21.7. The number of sulfonamides is 1. The van der Waals surface area contributed by atoms with Gasteiger partial charge in [-0.2, -0.15) is 4.31 Å². The summed E-state index contributed by atoms with van der Waals surface area (Å²) in [5, 5.41) is 0.672. The SMILES string of the molecule is CC(c1ccc(Cl)cc1)N(C)C(=O)CCc1ccc(S(=O)(=O)N2CCCCC2)cc1. The normalized spacial score (nSPS) is 16.2. The van der Waals surface area contributed by atoms with Crippen LogP contribution in [0.5, 0.6) is 0 Å². The van der Waals surface area contributed by atoms with Crippen molar-refractivity contribution in [3.05, 3.63) is 64.7 Å². The van der Waals surface area contributed by atoms with Gasteiger partial charge in [0.2, 0.25) is 15.9 Å². The number of piperidine rings is 1. The lowest BCUT2D eigenvalue weighted by molar-refractivity contribution is -0.131. The van der Waals surface area contributed by atoms with Crippen molar-refractivity contribution in [1.29, 1.82) is 0 Å². The third kappa shape index (κ3) is 5.42. The van der Waals surface area contributed by atoms with Crippen LogP contribution in [-0.2, 0) is 21.2 Å². The largest absolute Gasteiger partial charge is 0.339 e. The Morgan fingerprint density at radius 1 is 1.03 bits per heavy atom. The van der Waals surface area contributed by atoms with Crippen LogP contribution >= 0.6 is 11.6 Å². The molecule has 1 amide bonds. The van der Waals surface area contributed by atoms with Gasteiger partial charge >= 0.3 is 0 Å². The Labute approximate surface area is 184 Å². The number of aryl methyl sites for hydroxylation is 1. The fourth-order valence-corrected chi connectivity index (χ4v) is 5.33. The molecule has 0 saturated carbocycles. The van der Waals surface area contributed by atoms with Crippen LogP contribution < -0.4 is 0 Å². The van der Waals surface area contributed by atoms with E-state index in [1.807, 2.05) is 43.3 Å². The van der Waals surface area contributed by atoms with Gasteiger partial charge in [-0.15, -0.1) is 0 Å². The van der Waals surface area contributed by atoms with E-state index in [1.165, 1.54) is 0 Å². The van der Waals surface area contributed by atoms with Crippen LogP contribution in [0.15, 0.2) is 53.4 Å². The number of amides is 1. The minimum atomic E-state index is -3.42. The first-order chi connectivity index (χ1) is 14.3. The van der Waals surface area contributed by atoms with Gasteiger partial charge in [0.05, 0.1) is 10.9 Å². The van der Waals surface area contributed by atoms with Gasteiger partial charge in [-0.25, -0.2) is 8.42 Å². The van der Waals surface area contributed by atoms with E-state index < -0.39 is 10.0 Å². The highest BCUT2D eigenvalue weighted by atomic mass is 35.5. The number of hydrogen-bond acceptors (Lipinski definition) is 3. The molecule has 1 unspecified atom stereocenters. The van der Waals surface area contributed by atoms with Crippen molar-refractivity contribution in [2.75, 3.05) is 20.1 Å². The maximum atomic E-state index is 12.7. The van der Waals surface area contributed by atoms with Crippen molar-refractivity contribution in [2.24, 2.45) is 0 Å². The van der Waals surface area contributed by atoms with Crippen LogP contribution in [-0.4, -0.2) is 43.7 Å². The molecule has 2 aromatic carbocycles. The number of carbonyl (C=O) groups excluding carboxylic acids is 1. The Balaban J connectivity index is 1.57. The van der Waals surface area contributed by atoms with Gasteiger partial charge in [-0.3, -0.25) is 4.79 Å². The highest BCUT2D eigenvalue weighted by Gasteiger charge is 2.25. The molecule has 0 aromatic heterocycles. The van der Waals surface area contributed by atoms with Crippen LogP contribution in [0.2, 0.25) is 5.02 Å². The molecule has 3 rings (SSSR count). The predicted octanol–water partition coefficient (Wildman–Crippen LogP) is 4.67. The Kier molecular flexibility index (Phi) is 7.55. The van der Waals surface area contributed by atoms with E-state index in [4.69, 9.17) is 11.6 Å². The maximum Gasteiger partial charge on any atom is 0.243 e. The summed E-state index contributed by atoms with van der Waals surface area (Å²) < 4.78 is 27.1. The van der Waals surface area contributed by atoms with Gasteiger partial charge in [-0.05, 0) is 61.6 Å². The number of rotatable bonds is 7. The molecular formula is C23H29ClN2O3S. The zero-order valence-corrected chi connectivity index (χ0v) is 19.1. The minimum absolute atomic E-state index is 0.0439. The molecule has 1 aliphatic rings. The third-order valence-corrected chi connectivity index (χ3v) is 8.00. The van der Waals surface area contributed by atoms with Crippen LogP contribution in [0.25, 0.3) is 0 Å². The molecule has 1 atom stereocenters. The summed E-state index contributed by atoms with van der Waals surface area (Å²) in [6.45, 7) is 3.18. The minimum Gasteiger partial charge on any atom is -0.339 e. The van der Waals surface area contributed by atoms with E-state index in [2.05, 4.69) is 0 Å². The van der Waals surface area contributed by atoms with Gasteiger partial charge in [0, 0.05) is 31.6 Å². The second-order valence-electron chi connectivity index (χ2n) is 7.84. The third-order valence-electron chi connectivity index (χ3n) is 5.83. The van der Waals surface area contributed by atoms with E-state index in [0.717, 1.165) is 30.4 Å². The molecular weight excluding hydrogens is 420 g/mol. The van der Waals surface area contributed by atoms with Gasteiger partial charge in [0.1, 0.15) is 0 Å². The Morgan fingerprint density at radius 2 is 1.63 bits per heavy atom. The molecule has 1 heterocycles. The highest BCUT2D eigenvalue weighted by Crippen LogP contribution is 2.23. The van der Waals surface area contributed by atoms with Gasteiger partial charge in [0.25, 0.3) is 0 Å². The van der Waals surface area contributed by atoms with E-state index in [0.29, 0.717) is 35.8 Å². The van der Waals surface area contributed by atoms with Crippen molar-refractivity contribution < 1.29 is 13.2 Å². The average Bonchev–Trinajstić information content (AvgIpc) is 2.78. The molecule has 2 aromatic rings. The lowest BCUT2D eigenvalue weighted by atomic mass is 10.1. The van der Waals surface area contributed by atoms with Crippen LogP contribution in [0, 0.1) is 0 Å². The molecule has 0 spiro atoms. The Bertz CT molecular complexity index is 953. The molecule has 5 nitrogen and oxygen atoms in total. The summed E-state index contributed by atoms with van der Waals surface area (Å²) in [5.74, 6) is 0.0439. The number of nitrogens with zero attached hydrogens (tertiary/aromatic N) is 2. The first-order valence-electron chi connectivity index (χ1n) is 10.4. The van der Waals surface area contributed by atoms with Crippen molar-refractivity contribution in [3.8, 4) is 0 Å². The second kappa shape index (κ2) is 9.94. The molecule has 0 aliphatic carbocycles. The predicted molar refractivity (Wildman–Crippen MR) is 120 cm³/mol. The topological polar surface area (TPSA) is 57.7 Å². The van der Waals surface area contributed by atoms with Crippen LogP contribution in [0.1, 0.15) is 49.8 Å². The second-order valence-corrected chi connectivity index (χ2v) is 10.2. The van der Waals surface area contributed by atoms with E-state index >= 15 is 0 Å². The van der Waals surface area contributed by atoms with Crippen molar-refractivity contribution >= 4 is 27.5 Å². The summed E-state index contributed by atoms with van der Waals surface area (Å²) in [7, 11) is -1.62. The molecule has 0 bridgehead atoms. The van der Waals surface area contributed by atoms with Gasteiger partial charge in [0.15, 0.2) is 0 Å². The molecule has 0 radical (unpaired) electrons. The van der Waals surface area contributed by atoms with Crippen LogP contribution in [0.3, 0.4) is 0 Å². The summed E-state index contributed by atoms with van der Waals surface area (Å²) in [6, 6.07) is 14.4. The molecule has 7 heteroatoms. The fraction of sp³-hybridized carbons (Fsp3) is 0.435. The summed E-state index contributed by atoms with van der Waals surface area (Å²) in [4.78, 5) is 14.7. The summed E-state index contributed by atoms with van der Waals surface area (Å²) >= 11 is 5.94. The molecule has 30 heavy (non-hydrogen) atoms. The fourth-order valence-electron chi connectivity index (χ4n) is 3.69. The maximum absolute atomic E-state index is 12.7. The highest BCUT2D eigenvalue weighted by molar-refractivity contribution is 7.89. The smallest absolute Gasteiger partial charge is 0.243 e. The van der Waals surface area contributed by atoms with Crippen molar-refractivity contribution in [1.82, 2.24) is 9.21 Å². The van der Waals surface area contributed by atoms with Crippen molar-refractivity contribution in [2.45, 2.75) is 50.0 Å². The number of benzene rings is 2. The van der Waals surface area contributed by atoms with E-state index in [-0.39, 0.29) is 11.9 Å². The first kappa shape index (κ1) is 22.8. The lowest BCUT2D eigenvalue weighted by Gasteiger charge is -2.26.